The fraction of sp³-hybridized carbons (Fsp3) is 0.368. The van der Waals surface area contributed by atoms with E-state index in [-0.39, 0.29) is 42.0 Å². The van der Waals surface area contributed by atoms with Gasteiger partial charge in [-0.1, -0.05) is 18.2 Å². The summed E-state index contributed by atoms with van der Waals surface area (Å²) in [6.07, 6.45) is -3.00. The highest BCUT2D eigenvalue weighted by Gasteiger charge is 2.46. The Labute approximate surface area is 305 Å². The lowest BCUT2D eigenvalue weighted by Crippen LogP contribution is -2.59. The van der Waals surface area contributed by atoms with Crippen molar-refractivity contribution < 1.29 is 73.0 Å². The molecule has 5 N–H and O–H groups in total. The number of hydrogen-bond acceptors (Lipinski definition) is 15. The molecule has 0 aromatic heterocycles. The first-order chi connectivity index (χ1) is 25.5. The van der Waals surface area contributed by atoms with E-state index in [1.165, 1.54) is 58.8 Å². The van der Waals surface area contributed by atoms with Crippen molar-refractivity contribution in [2.75, 3.05) is 48.3 Å². The number of phenolic OH excluding ortho intramolecular Hbond substituents is 2. The SMILES string of the molecule is COCC(=O)/C=C/c1cc(OC)c2c(c1)[C@H](CO[C@@H]1O[C@H](COC(=O)/C=C/c3ccc(O)c(OC)c3)[C@@H](O)[C@H](O)[C@H]1O)[C@@H](c1ccc(O)c(OC)c1)O2. The molecule has 53 heavy (non-hydrogen) atoms. The molecule has 3 aromatic rings. The van der Waals surface area contributed by atoms with Crippen LogP contribution in [0.1, 0.15) is 34.3 Å². The van der Waals surface area contributed by atoms with Gasteiger partial charge in [0.15, 0.2) is 46.6 Å². The fourth-order valence-electron chi connectivity index (χ4n) is 5.96. The summed E-state index contributed by atoms with van der Waals surface area (Å²) < 4.78 is 44.5. The van der Waals surface area contributed by atoms with Crippen LogP contribution in [-0.4, -0.2) is 116 Å². The second-order valence-corrected chi connectivity index (χ2v) is 12.2. The summed E-state index contributed by atoms with van der Waals surface area (Å²) >= 11 is 0. The molecule has 15 heteroatoms. The summed E-state index contributed by atoms with van der Waals surface area (Å²) in [6, 6.07) is 12.7. The Morgan fingerprint density at radius 1 is 0.755 bits per heavy atom. The highest BCUT2D eigenvalue weighted by atomic mass is 16.7. The van der Waals surface area contributed by atoms with Crippen molar-refractivity contribution in [3.63, 3.8) is 0 Å². The second kappa shape index (κ2) is 17.6. The van der Waals surface area contributed by atoms with Gasteiger partial charge in [-0.2, -0.15) is 0 Å². The van der Waals surface area contributed by atoms with E-state index in [9.17, 15) is 35.1 Å². The van der Waals surface area contributed by atoms with Crippen LogP contribution in [0.3, 0.4) is 0 Å². The van der Waals surface area contributed by atoms with Gasteiger partial charge >= 0.3 is 5.97 Å². The van der Waals surface area contributed by atoms with Gasteiger partial charge in [-0.3, -0.25) is 4.79 Å². The zero-order valence-corrected chi connectivity index (χ0v) is 29.4. The van der Waals surface area contributed by atoms with Crippen LogP contribution in [0.2, 0.25) is 0 Å². The molecule has 2 heterocycles. The first-order valence-corrected chi connectivity index (χ1v) is 16.5. The van der Waals surface area contributed by atoms with Crippen molar-refractivity contribution >= 4 is 23.9 Å². The second-order valence-electron chi connectivity index (χ2n) is 12.2. The summed E-state index contributed by atoms with van der Waals surface area (Å²) in [5.74, 6) is -0.638. The number of hydrogen-bond donors (Lipinski definition) is 5. The average molecular weight is 739 g/mol. The predicted octanol–water partition coefficient (Wildman–Crippen LogP) is 2.65. The summed E-state index contributed by atoms with van der Waals surface area (Å²) in [5, 5.41) is 52.3. The molecule has 3 aromatic carbocycles. The molecule has 0 radical (unpaired) electrons. The van der Waals surface area contributed by atoms with E-state index in [0.29, 0.717) is 33.8 Å². The number of ketones is 1. The molecule has 2 aliphatic rings. The molecular formula is C38H42O15. The molecule has 0 aliphatic carbocycles. The van der Waals surface area contributed by atoms with Gasteiger partial charge in [-0.25, -0.2) is 4.79 Å². The minimum absolute atomic E-state index is 0.0676. The quantitative estimate of drug-likeness (QED) is 0.112. The summed E-state index contributed by atoms with van der Waals surface area (Å²) in [6.45, 7) is -0.762. The molecule has 0 unspecified atom stereocenters. The first kappa shape index (κ1) is 39.1. The lowest BCUT2D eigenvalue weighted by molar-refractivity contribution is -0.302. The summed E-state index contributed by atoms with van der Waals surface area (Å²) in [7, 11) is 5.69. The largest absolute Gasteiger partial charge is 0.504 e. The van der Waals surface area contributed by atoms with E-state index in [1.807, 2.05) is 0 Å². The summed E-state index contributed by atoms with van der Waals surface area (Å²) in [5.41, 5.74) is 2.37. The number of carbonyl (C=O) groups excluding carboxylic acids is 2. The number of rotatable bonds is 15. The number of methoxy groups -OCH3 is 4. The van der Waals surface area contributed by atoms with Crippen LogP contribution in [0, 0.1) is 0 Å². The Bertz CT molecular complexity index is 1820. The van der Waals surface area contributed by atoms with E-state index in [2.05, 4.69) is 0 Å². The topological polar surface area (TPSA) is 209 Å². The van der Waals surface area contributed by atoms with Crippen molar-refractivity contribution in [3.8, 4) is 34.5 Å². The van der Waals surface area contributed by atoms with Gasteiger partial charge in [-0.15, -0.1) is 0 Å². The van der Waals surface area contributed by atoms with Gasteiger partial charge in [0.25, 0.3) is 0 Å². The number of aliphatic hydroxyl groups excluding tert-OH is 3. The number of benzene rings is 3. The number of fused-ring (bicyclic) bond motifs is 1. The molecule has 284 valence electrons. The third-order valence-corrected chi connectivity index (χ3v) is 8.73. The molecule has 5 rings (SSSR count). The first-order valence-electron chi connectivity index (χ1n) is 16.5. The molecule has 1 saturated heterocycles. The highest BCUT2D eigenvalue weighted by Crippen LogP contribution is 2.52. The number of phenols is 2. The standard InChI is InChI=1S/C38H42O15/c1-46-17-23(39)9-5-21-13-24-25(36(53-37(24)30(15-21)49-4)22-8-11-27(41)29(16-22)48-3)18-51-38-35(45)34(44)33(43)31(52-38)19-50-32(42)12-7-20-6-10-26(40)28(14-20)47-2/h5-16,25,31,33-36,38,40-41,43-45H,17-19H2,1-4H3/b9-5+,12-7+/t25-,31+,33+,34-,35+,36+,38+/m0/s1. The highest BCUT2D eigenvalue weighted by molar-refractivity contribution is 5.94. The molecule has 0 saturated carbocycles. The Kier molecular flexibility index (Phi) is 12.9. The zero-order valence-electron chi connectivity index (χ0n) is 29.4. The molecule has 2 aliphatic heterocycles. The Morgan fingerprint density at radius 3 is 2.11 bits per heavy atom. The van der Waals surface area contributed by atoms with Crippen molar-refractivity contribution in [1.29, 1.82) is 0 Å². The van der Waals surface area contributed by atoms with Crippen LogP contribution in [0.25, 0.3) is 12.2 Å². The fourth-order valence-corrected chi connectivity index (χ4v) is 5.96. The Balaban J connectivity index is 1.35. The van der Waals surface area contributed by atoms with Gasteiger partial charge in [0.05, 0.1) is 33.9 Å². The van der Waals surface area contributed by atoms with Crippen molar-refractivity contribution in [2.45, 2.75) is 42.7 Å². The van der Waals surface area contributed by atoms with Crippen molar-refractivity contribution in [3.05, 3.63) is 82.9 Å². The lowest BCUT2D eigenvalue weighted by atomic mass is 9.90. The monoisotopic (exact) mass is 738 g/mol. The third-order valence-electron chi connectivity index (χ3n) is 8.73. The van der Waals surface area contributed by atoms with E-state index in [4.69, 9.17) is 37.9 Å². The van der Waals surface area contributed by atoms with Crippen LogP contribution in [0.15, 0.2) is 60.7 Å². The van der Waals surface area contributed by atoms with E-state index < -0.39 is 55.3 Å². The number of aromatic hydroxyl groups is 2. The van der Waals surface area contributed by atoms with Crippen LogP contribution < -0.4 is 18.9 Å². The molecule has 15 nitrogen and oxygen atoms in total. The van der Waals surface area contributed by atoms with Gasteiger partial charge in [0.1, 0.15) is 43.7 Å². The number of aliphatic hydroxyl groups is 3. The Hall–Kier alpha value is -5.16. The van der Waals surface area contributed by atoms with E-state index >= 15 is 0 Å². The number of ether oxygens (including phenoxy) is 8. The van der Waals surface area contributed by atoms with Crippen LogP contribution >= 0.6 is 0 Å². The molecule has 1 fully saturated rings. The van der Waals surface area contributed by atoms with E-state index in [0.717, 1.165) is 6.08 Å². The minimum atomic E-state index is -1.72. The van der Waals surface area contributed by atoms with E-state index in [1.54, 1.807) is 36.4 Å². The van der Waals surface area contributed by atoms with Crippen molar-refractivity contribution in [1.82, 2.24) is 0 Å². The lowest BCUT2D eigenvalue weighted by Gasteiger charge is -2.40. The zero-order chi connectivity index (χ0) is 38.2. The predicted molar refractivity (Wildman–Crippen MR) is 187 cm³/mol. The number of carbonyl (C=O) groups is 2. The van der Waals surface area contributed by atoms with Crippen LogP contribution in [0.5, 0.6) is 34.5 Å². The maximum atomic E-state index is 12.5. The molecule has 0 bridgehead atoms. The van der Waals surface area contributed by atoms with Crippen molar-refractivity contribution in [2.24, 2.45) is 0 Å². The average Bonchev–Trinajstić information content (AvgIpc) is 3.53. The molecule has 7 atom stereocenters. The third kappa shape index (κ3) is 9.08. The normalized spacial score (nSPS) is 23.8. The minimum Gasteiger partial charge on any atom is -0.504 e. The van der Waals surface area contributed by atoms with Gasteiger partial charge in [0.2, 0.25) is 0 Å². The molecular weight excluding hydrogens is 696 g/mol. The maximum Gasteiger partial charge on any atom is 0.330 e. The maximum absolute atomic E-state index is 12.5. The van der Waals surface area contributed by atoms with Crippen LogP contribution in [0.4, 0.5) is 0 Å². The van der Waals surface area contributed by atoms with Gasteiger partial charge < -0.3 is 63.4 Å². The summed E-state index contributed by atoms with van der Waals surface area (Å²) in [4.78, 5) is 24.7. The van der Waals surface area contributed by atoms with Crippen LogP contribution in [-0.2, 0) is 28.5 Å². The Morgan fingerprint density at radius 2 is 1.42 bits per heavy atom. The van der Waals surface area contributed by atoms with Gasteiger partial charge in [-0.05, 0) is 65.2 Å². The van der Waals surface area contributed by atoms with Gasteiger partial charge in [0, 0.05) is 18.7 Å². The molecule has 0 spiro atoms. The molecule has 0 amide bonds. The smallest absolute Gasteiger partial charge is 0.330 e. The number of esters is 1.